The summed E-state index contributed by atoms with van der Waals surface area (Å²) in [6.07, 6.45) is 0. The van der Waals surface area contributed by atoms with Gasteiger partial charge < -0.3 is 14.6 Å². The SMILES string of the molecule is CC.COc1ccc2c(OC)cc(CO)nc2c1Cl. The number of rotatable bonds is 3. The third kappa shape index (κ3) is 3.08. The summed E-state index contributed by atoms with van der Waals surface area (Å²) in [5.41, 5.74) is 1.07. The summed E-state index contributed by atoms with van der Waals surface area (Å²) < 4.78 is 10.4. The molecule has 2 aromatic rings. The van der Waals surface area contributed by atoms with Gasteiger partial charge in [0.15, 0.2) is 0 Å². The average Bonchev–Trinajstić information content (AvgIpc) is 2.49. The van der Waals surface area contributed by atoms with E-state index < -0.39 is 0 Å². The second kappa shape index (κ2) is 7.16. The van der Waals surface area contributed by atoms with Crippen molar-refractivity contribution in [1.29, 1.82) is 0 Å². The maximum Gasteiger partial charge on any atom is 0.139 e. The molecule has 104 valence electrons. The molecule has 0 aliphatic carbocycles. The molecule has 1 heterocycles. The van der Waals surface area contributed by atoms with Gasteiger partial charge >= 0.3 is 0 Å². The Balaban J connectivity index is 0.000000861. The first-order valence-corrected chi connectivity index (χ1v) is 6.40. The summed E-state index contributed by atoms with van der Waals surface area (Å²) in [5, 5.41) is 10.3. The molecule has 0 saturated heterocycles. The Labute approximate surface area is 117 Å². The highest BCUT2D eigenvalue weighted by Gasteiger charge is 2.12. The average molecular weight is 284 g/mol. The van der Waals surface area contributed by atoms with Crippen molar-refractivity contribution in [2.45, 2.75) is 20.5 Å². The second-order valence-electron chi connectivity index (χ2n) is 3.45. The molecule has 4 nitrogen and oxygen atoms in total. The van der Waals surface area contributed by atoms with E-state index >= 15 is 0 Å². The van der Waals surface area contributed by atoms with Crippen molar-refractivity contribution in [3.8, 4) is 11.5 Å². The van der Waals surface area contributed by atoms with Crippen molar-refractivity contribution < 1.29 is 14.6 Å². The van der Waals surface area contributed by atoms with E-state index in [4.69, 9.17) is 26.2 Å². The highest BCUT2D eigenvalue weighted by Crippen LogP contribution is 2.35. The number of aliphatic hydroxyl groups excluding tert-OH is 1. The third-order valence-corrected chi connectivity index (χ3v) is 2.87. The lowest BCUT2D eigenvalue weighted by Crippen LogP contribution is -1.95. The molecular weight excluding hydrogens is 266 g/mol. The smallest absolute Gasteiger partial charge is 0.139 e. The van der Waals surface area contributed by atoms with Gasteiger partial charge in [-0.3, -0.25) is 0 Å². The van der Waals surface area contributed by atoms with Crippen molar-refractivity contribution in [1.82, 2.24) is 4.98 Å². The largest absolute Gasteiger partial charge is 0.496 e. The monoisotopic (exact) mass is 283 g/mol. The molecule has 0 atom stereocenters. The normalized spacial score (nSPS) is 9.79. The Kier molecular flexibility index (Phi) is 5.86. The van der Waals surface area contributed by atoms with E-state index in [0.717, 1.165) is 5.39 Å². The third-order valence-electron chi connectivity index (χ3n) is 2.50. The van der Waals surface area contributed by atoms with Gasteiger partial charge in [0.2, 0.25) is 0 Å². The van der Waals surface area contributed by atoms with Gasteiger partial charge in [-0.2, -0.15) is 0 Å². The Hall–Kier alpha value is -1.52. The Morgan fingerprint density at radius 1 is 1.16 bits per heavy atom. The molecule has 1 aromatic carbocycles. The number of pyridine rings is 1. The molecule has 0 saturated carbocycles. The summed E-state index contributed by atoms with van der Waals surface area (Å²) in [4.78, 5) is 4.27. The molecule has 0 fully saturated rings. The zero-order valence-corrected chi connectivity index (χ0v) is 12.3. The van der Waals surface area contributed by atoms with Crippen molar-refractivity contribution in [2.75, 3.05) is 14.2 Å². The van der Waals surface area contributed by atoms with E-state index in [1.54, 1.807) is 26.4 Å². The van der Waals surface area contributed by atoms with Gasteiger partial charge in [0.05, 0.1) is 32.0 Å². The van der Waals surface area contributed by atoms with Crippen molar-refractivity contribution in [3.63, 3.8) is 0 Å². The standard InChI is InChI=1S/C12H12ClNO3.C2H6/c1-16-9-4-3-8-10(17-2)5-7(6-15)14-12(8)11(9)13;1-2/h3-5,15H,6H2,1-2H3;1-2H3. The minimum absolute atomic E-state index is 0.167. The highest BCUT2D eigenvalue weighted by molar-refractivity contribution is 6.36. The van der Waals surface area contributed by atoms with E-state index in [1.165, 1.54) is 0 Å². The molecule has 0 aliphatic heterocycles. The quantitative estimate of drug-likeness (QED) is 0.938. The number of ether oxygens (including phenoxy) is 2. The lowest BCUT2D eigenvalue weighted by atomic mass is 10.1. The minimum Gasteiger partial charge on any atom is -0.496 e. The van der Waals surface area contributed by atoms with Crippen LogP contribution in [-0.4, -0.2) is 24.3 Å². The van der Waals surface area contributed by atoms with Crippen molar-refractivity contribution in [2.24, 2.45) is 0 Å². The van der Waals surface area contributed by atoms with E-state index in [-0.39, 0.29) is 6.61 Å². The summed E-state index contributed by atoms with van der Waals surface area (Å²) >= 11 is 6.17. The summed E-state index contributed by atoms with van der Waals surface area (Å²) in [7, 11) is 3.11. The van der Waals surface area contributed by atoms with Crippen LogP contribution in [-0.2, 0) is 6.61 Å². The summed E-state index contributed by atoms with van der Waals surface area (Å²) in [6, 6.07) is 5.27. The van der Waals surface area contributed by atoms with E-state index in [1.807, 2.05) is 19.9 Å². The maximum absolute atomic E-state index is 9.14. The van der Waals surface area contributed by atoms with Gasteiger partial charge in [0.25, 0.3) is 0 Å². The molecule has 19 heavy (non-hydrogen) atoms. The molecule has 2 rings (SSSR count). The van der Waals surface area contributed by atoms with Gasteiger partial charge in [0, 0.05) is 11.5 Å². The van der Waals surface area contributed by atoms with Crippen LogP contribution < -0.4 is 9.47 Å². The molecule has 1 aromatic heterocycles. The predicted molar refractivity (Wildman–Crippen MR) is 77.1 cm³/mol. The summed E-state index contributed by atoms with van der Waals surface area (Å²) in [5.74, 6) is 1.17. The van der Waals surface area contributed by atoms with Crippen LogP contribution in [0.4, 0.5) is 0 Å². The number of hydrogen-bond donors (Lipinski definition) is 1. The number of fused-ring (bicyclic) bond motifs is 1. The number of methoxy groups -OCH3 is 2. The number of nitrogens with zero attached hydrogens (tertiary/aromatic N) is 1. The first-order valence-electron chi connectivity index (χ1n) is 6.02. The number of aliphatic hydroxyl groups is 1. The van der Waals surface area contributed by atoms with Crippen LogP contribution >= 0.6 is 11.6 Å². The minimum atomic E-state index is -0.167. The lowest BCUT2D eigenvalue weighted by Gasteiger charge is -2.10. The summed E-state index contributed by atoms with van der Waals surface area (Å²) in [6.45, 7) is 3.83. The Morgan fingerprint density at radius 2 is 1.79 bits per heavy atom. The fraction of sp³-hybridized carbons (Fsp3) is 0.357. The van der Waals surface area contributed by atoms with Crippen LogP contribution in [0, 0.1) is 0 Å². The molecule has 0 spiro atoms. The van der Waals surface area contributed by atoms with Crippen molar-refractivity contribution in [3.05, 3.63) is 28.9 Å². The van der Waals surface area contributed by atoms with E-state index in [0.29, 0.717) is 27.7 Å². The fourth-order valence-electron chi connectivity index (χ4n) is 1.67. The number of halogens is 1. The maximum atomic E-state index is 9.14. The molecule has 0 radical (unpaired) electrons. The van der Waals surface area contributed by atoms with Gasteiger partial charge in [-0.05, 0) is 12.1 Å². The molecule has 0 unspecified atom stereocenters. The fourth-order valence-corrected chi connectivity index (χ4v) is 1.95. The van der Waals surface area contributed by atoms with Crippen molar-refractivity contribution >= 4 is 22.5 Å². The molecule has 0 aliphatic rings. The van der Waals surface area contributed by atoms with E-state index in [2.05, 4.69) is 4.98 Å². The molecular formula is C14H18ClNO3. The molecule has 0 amide bonds. The number of hydrogen-bond acceptors (Lipinski definition) is 4. The van der Waals surface area contributed by atoms with Crippen LogP contribution in [0.2, 0.25) is 5.02 Å². The topological polar surface area (TPSA) is 51.6 Å². The Bertz CT molecular complexity index is 558. The lowest BCUT2D eigenvalue weighted by molar-refractivity contribution is 0.276. The van der Waals surface area contributed by atoms with Crippen LogP contribution in [0.25, 0.3) is 10.9 Å². The van der Waals surface area contributed by atoms with Gasteiger partial charge in [-0.1, -0.05) is 25.4 Å². The second-order valence-corrected chi connectivity index (χ2v) is 3.83. The zero-order chi connectivity index (χ0) is 14.4. The first kappa shape index (κ1) is 15.5. The predicted octanol–water partition coefficient (Wildman–Crippen LogP) is 3.42. The Morgan fingerprint density at radius 3 is 2.32 bits per heavy atom. The van der Waals surface area contributed by atoms with Crippen LogP contribution in [0.3, 0.4) is 0 Å². The van der Waals surface area contributed by atoms with Gasteiger partial charge in [-0.25, -0.2) is 4.98 Å². The first-order chi connectivity index (χ1) is 9.21. The van der Waals surface area contributed by atoms with Crippen LogP contribution in [0.1, 0.15) is 19.5 Å². The van der Waals surface area contributed by atoms with Gasteiger partial charge in [0.1, 0.15) is 16.5 Å². The number of benzene rings is 1. The molecule has 1 N–H and O–H groups in total. The van der Waals surface area contributed by atoms with E-state index in [9.17, 15) is 0 Å². The van der Waals surface area contributed by atoms with Gasteiger partial charge in [-0.15, -0.1) is 0 Å². The van der Waals surface area contributed by atoms with Crippen LogP contribution in [0.5, 0.6) is 11.5 Å². The van der Waals surface area contributed by atoms with Crippen LogP contribution in [0.15, 0.2) is 18.2 Å². The highest BCUT2D eigenvalue weighted by atomic mass is 35.5. The number of aromatic nitrogens is 1. The molecule has 5 heteroatoms. The molecule has 0 bridgehead atoms. The zero-order valence-electron chi connectivity index (χ0n) is 11.5.